The number of halogens is 1. The van der Waals surface area contributed by atoms with Gasteiger partial charge in [0.05, 0.1) is 28.9 Å². The molecule has 0 aliphatic carbocycles. The lowest BCUT2D eigenvalue weighted by Crippen LogP contribution is -2.31. The van der Waals surface area contributed by atoms with Crippen LogP contribution in [0.15, 0.2) is 47.3 Å². The second kappa shape index (κ2) is 8.15. The Hall–Kier alpha value is -3.30. The first-order valence-electron chi connectivity index (χ1n) is 8.24. The second-order valence-electron chi connectivity index (χ2n) is 6.17. The zero-order valence-corrected chi connectivity index (χ0v) is 15.6. The molecule has 2 aromatic carbocycles. The summed E-state index contributed by atoms with van der Waals surface area (Å²) in [7, 11) is 1.67. The highest BCUT2D eigenvalue weighted by Crippen LogP contribution is 2.27. The fourth-order valence-corrected chi connectivity index (χ4v) is 2.90. The number of rotatable bonds is 6. The Morgan fingerprint density at radius 3 is 2.82 bits per heavy atom. The molecule has 1 heterocycles. The van der Waals surface area contributed by atoms with Crippen LogP contribution in [0.25, 0.3) is 10.9 Å². The van der Waals surface area contributed by atoms with Gasteiger partial charge in [0.15, 0.2) is 0 Å². The molecule has 0 fully saturated rings. The number of hydrogen-bond donors (Lipinski definition) is 2. The van der Waals surface area contributed by atoms with E-state index in [2.05, 4.69) is 15.3 Å². The fraction of sp³-hybridized carbons (Fsp3) is 0.167. The van der Waals surface area contributed by atoms with E-state index in [1.165, 1.54) is 18.2 Å². The standard InChI is InChI=1S/C18H16ClN5O4/c1-23(9-16-20-13-5-3-2-4-12(13)18(26)22-16)10-17(25)21-14-8-11(19)6-7-15(14)24(27)28/h2-8H,9-10H2,1H3,(H,21,25)(H,20,22,26). The van der Waals surface area contributed by atoms with Crippen LogP contribution in [0.5, 0.6) is 0 Å². The normalized spacial score (nSPS) is 11.0. The van der Waals surface area contributed by atoms with Crippen molar-refractivity contribution in [2.24, 2.45) is 0 Å². The molecule has 10 heteroatoms. The average molecular weight is 402 g/mol. The molecule has 0 radical (unpaired) electrons. The third-order valence-electron chi connectivity index (χ3n) is 3.92. The van der Waals surface area contributed by atoms with Crippen LogP contribution in [0.1, 0.15) is 5.82 Å². The SMILES string of the molecule is CN(CC(=O)Nc1cc(Cl)ccc1[N+](=O)[O-])Cc1nc2ccccc2c(=O)[nH]1. The van der Waals surface area contributed by atoms with Gasteiger partial charge in [-0.15, -0.1) is 0 Å². The molecule has 0 bridgehead atoms. The zero-order valence-electron chi connectivity index (χ0n) is 14.8. The number of nitrogens with one attached hydrogen (secondary N) is 2. The second-order valence-corrected chi connectivity index (χ2v) is 6.61. The van der Waals surface area contributed by atoms with Gasteiger partial charge in [0.25, 0.3) is 11.2 Å². The summed E-state index contributed by atoms with van der Waals surface area (Å²) in [4.78, 5) is 43.5. The van der Waals surface area contributed by atoms with Gasteiger partial charge in [-0.3, -0.25) is 24.6 Å². The number of benzene rings is 2. The van der Waals surface area contributed by atoms with Gasteiger partial charge < -0.3 is 10.3 Å². The Morgan fingerprint density at radius 1 is 1.32 bits per heavy atom. The monoisotopic (exact) mass is 401 g/mol. The number of para-hydroxylation sites is 1. The summed E-state index contributed by atoms with van der Waals surface area (Å²) >= 11 is 5.85. The summed E-state index contributed by atoms with van der Waals surface area (Å²) in [6, 6.07) is 10.9. The minimum Gasteiger partial charge on any atom is -0.319 e. The predicted molar refractivity (Wildman–Crippen MR) is 105 cm³/mol. The number of anilines is 1. The number of aromatic nitrogens is 2. The summed E-state index contributed by atoms with van der Waals surface area (Å²) in [5, 5.41) is 14.3. The van der Waals surface area contributed by atoms with E-state index in [0.717, 1.165) is 0 Å². The van der Waals surface area contributed by atoms with Crippen molar-refractivity contribution in [3.8, 4) is 0 Å². The number of amides is 1. The van der Waals surface area contributed by atoms with E-state index in [-0.39, 0.29) is 35.0 Å². The van der Waals surface area contributed by atoms with Crippen LogP contribution in [-0.4, -0.2) is 39.3 Å². The number of nitro groups is 1. The number of aromatic amines is 1. The quantitative estimate of drug-likeness (QED) is 0.483. The number of hydrogen-bond acceptors (Lipinski definition) is 6. The minimum absolute atomic E-state index is 0.0214. The molecule has 0 unspecified atom stereocenters. The highest BCUT2D eigenvalue weighted by atomic mass is 35.5. The van der Waals surface area contributed by atoms with Gasteiger partial charge in [-0.1, -0.05) is 23.7 Å². The van der Waals surface area contributed by atoms with Crippen molar-refractivity contribution in [2.45, 2.75) is 6.54 Å². The minimum atomic E-state index is -0.598. The number of likely N-dealkylation sites (N-methyl/N-ethyl adjacent to an activating group) is 1. The molecule has 2 N–H and O–H groups in total. The average Bonchev–Trinajstić information content (AvgIpc) is 2.61. The van der Waals surface area contributed by atoms with Gasteiger partial charge in [0.1, 0.15) is 11.5 Å². The van der Waals surface area contributed by atoms with Crippen molar-refractivity contribution in [1.82, 2.24) is 14.9 Å². The molecule has 1 amide bonds. The molecule has 1 aromatic heterocycles. The Bertz CT molecular complexity index is 1110. The molecule has 0 spiro atoms. The van der Waals surface area contributed by atoms with Crippen LogP contribution in [0.2, 0.25) is 5.02 Å². The van der Waals surface area contributed by atoms with Crippen LogP contribution in [0, 0.1) is 10.1 Å². The maximum atomic E-state index is 12.3. The third kappa shape index (κ3) is 4.51. The Balaban J connectivity index is 1.69. The highest BCUT2D eigenvalue weighted by molar-refractivity contribution is 6.31. The van der Waals surface area contributed by atoms with Crippen molar-refractivity contribution in [3.63, 3.8) is 0 Å². The van der Waals surface area contributed by atoms with Crippen LogP contribution in [0.3, 0.4) is 0 Å². The lowest BCUT2D eigenvalue weighted by molar-refractivity contribution is -0.383. The summed E-state index contributed by atoms with van der Waals surface area (Å²) in [6.07, 6.45) is 0. The summed E-state index contributed by atoms with van der Waals surface area (Å²) in [5.41, 5.74) is 0.0794. The number of carbonyl (C=O) groups excluding carboxylic acids is 1. The topological polar surface area (TPSA) is 121 Å². The first-order chi connectivity index (χ1) is 13.3. The Labute approximate surface area is 164 Å². The molecule has 9 nitrogen and oxygen atoms in total. The molecule has 144 valence electrons. The van der Waals surface area contributed by atoms with Gasteiger partial charge in [0, 0.05) is 11.1 Å². The van der Waals surface area contributed by atoms with Crippen molar-refractivity contribution in [1.29, 1.82) is 0 Å². The van der Waals surface area contributed by atoms with Gasteiger partial charge in [-0.05, 0) is 31.3 Å². The lowest BCUT2D eigenvalue weighted by atomic mass is 10.2. The van der Waals surface area contributed by atoms with Crippen LogP contribution >= 0.6 is 11.6 Å². The first-order valence-corrected chi connectivity index (χ1v) is 8.61. The summed E-state index contributed by atoms with van der Waals surface area (Å²) in [6.45, 7) is 0.144. The fourth-order valence-electron chi connectivity index (χ4n) is 2.72. The molecule has 0 saturated heterocycles. The Kier molecular flexibility index (Phi) is 5.67. The van der Waals surface area contributed by atoms with Gasteiger partial charge in [-0.2, -0.15) is 0 Å². The number of nitro benzene ring substituents is 1. The largest absolute Gasteiger partial charge is 0.319 e. The summed E-state index contributed by atoms with van der Waals surface area (Å²) in [5.74, 6) is -0.0521. The first kappa shape index (κ1) is 19.5. The number of carbonyl (C=O) groups is 1. The molecule has 3 aromatic rings. The molecule has 0 saturated carbocycles. The van der Waals surface area contributed by atoms with E-state index in [9.17, 15) is 19.7 Å². The van der Waals surface area contributed by atoms with Crippen molar-refractivity contribution in [3.05, 3.63) is 73.8 Å². The Morgan fingerprint density at radius 2 is 2.07 bits per heavy atom. The molecule has 0 aliphatic rings. The van der Waals surface area contributed by atoms with E-state index in [0.29, 0.717) is 16.7 Å². The van der Waals surface area contributed by atoms with Gasteiger partial charge in [0.2, 0.25) is 5.91 Å². The van der Waals surface area contributed by atoms with Crippen molar-refractivity contribution in [2.75, 3.05) is 18.9 Å². The highest BCUT2D eigenvalue weighted by Gasteiger charge is 2.17. The molecular formula is C18H16ClN5O4. The molecular weight excluding hydrogens is 386 g/mol. The van der Waals surface area contributed by atoms with Crippen molar-refractivity contribution < 1.29 is 9.72 Å². The van der Waals surface area contributed by atoms with E-state index in [4.69, 9.17) is 11.6 Å². The molecule has 3 rings (SSSR count). The van der Waals surface area contributed by atoms with Crippen LogP contribution in [-0.2, 0) is 11.3 Å². The van der Waals surface area contributed by atoms with Crippen molar-refractivity contribution >= 4 is 39.8 Å². The third-order valence-corrected chi connectivity index (χ3v) is 4.16. The number of nitrogens with zero attached hydrogens (tertiary/aromatic N) is 3. The predicted octanol–water partition coefficient (Wildman–Crippen LogP) is 2.56. The lowest BCUT2D eigenvalue weighted by Gasteiger charge is -2.16. The van der Waals surface area contributed by atoms with Crippen LogP contribution < -0.4 is 10.9 Å². The van der Waals surface area contributed by atoms with E-state index >= 15 is 0 Å². The van der Waals surface area contributed by atoms with E-state index < -0.39 is 10.8 Å². The molecule has 0 atom stereocenters. The van der Waals surface area contributed by atoms with Crippen LogP contribution in [0.4, 0.5) is 11.4 Å². The van der Waals surface area contributed by atoms with Gasteiger partial charge in [-0.25, -0.2) is 4.98 Å². The maximum absolute atomic E-state index is 12.3. The molecule has 28 heavy (non-hydrogen) atoms. The molecule has 0 aliphatic heterocycles. The van der Waals surface area contributed by atoms with E-state index in [1.807, 2.05) is 0 Å². The summed E-state index contributed by atoms with van der Waals surface area (Å²) < 4.78 is 0. The van der Waals surface area contributed by atoms with E-state index in [1.54, 1.807) is 36.2 Å². The maximum Gasteiger partial charge on any atom is 0.292 e. The zero-order chi connectivity index (χ0) is 20.3. The smallest absolute Gasteiger partial charge is 0.292 e. The number of H-pyrrole nitrogens is 1. The number of fused-ring (bicyclic) bond motifs is 1. The van der Waals surface area contributed by atoms with Gasteiger partial charge >= 0.3 is 0 Å².